The Kier molecular flexibility index (Phi) is 8.80. The lowest BCUT2D eigenvalue weighted by Crippen LogP contribution is -2.44. The van der Waals surface area contributed by atoms with Crippen molar-refractivity contribution in [3.8, 4) is 11.5 Å². The maximum absolute atomic E-state index is 12.9. The van der Waals surface area contributed by atoms with Gasteiger partial charge in [0.25, 0.3) is 0 Å². The van der Waals surface area contributed by atoms with Crippen molar-refractivity contribution in [3.05, 3.63) is 18.2 Å². The van der Waals surface area contributed by atoms with Crippen LogP contribution in [0, 0.1) is 5.92 Å². The highest BCUT2D eigenvalue weighted by molar-refractivity contribution is 7.89. The second-order valence-corrected chi connectivity index (χ2v) is 8.34. The van der Waals surface area contributed by atoms with E-state index in [1.165, 1.54) is 30.7 Å². The van der Waals surface area contributed by atoms with Crippen LogP contribution < -0.4 is 20.5 Å². The molecule has 3 N–H and O–H groups in total. The van der Waals surface area contributed by atoms with Gasteiger partial charge in [0.05, 0.1) is 25.2 Å². The third-order valence-electron chi connectivity index (χ3n) is 4.54. The van der Waals surface area contributed by atoms with Crippen molar-refractivity contribution in [2.75, 3.05) is 33.9 Å². The fourth-order valence-electron chi connectivity index (χ4n) is 2.89. The van der Waals surface area contributed by atoms with Gasteiger partial charge >= 0.3 is 0 Å². The number of amides is 1. The Labute approximate surface area is 166 Å². The number of nitrogens with zero attached hydrogens (tertiary/aromatic N) is 1. The molecule has 1 fully saturated rings. The van der Waals surface area contributed by atoms with Crippen molar-refractivity contribution in [2.24, 2.45) is 11.7 Å². The molecule has 1 aliphatic heterocycles. The number of methoxy groups -OCH3 is 2. The minimum atomic E-state index is -3.60. The van der Waals surface area contributed by atoms with Crippen LogP contribution in [0.3, 0.4) is 0 Å². The number of halogens is 1. The maximum atomic E-state index is 12.9. The SMILES string of the molecule is COc1ccc(S(=O)(=O)N2CCC(CNC(=O)[C@@H](C)N)CC2)cc1OC.Cl. The monoisotopic (exact) mass is 421 g/mol. The summed E-state index contributed by atoms with van der Waals surface area (Å²) in [7, 11) is -0.628. The molecule has 0 spiro atoms. The van der Waals surface area contributed by atoms with Crippen LogP contribution in [0.5, 0.6) is 11.5 Å². The van der Waals surface area contributed by atoms with E-state index >= 15 is 0 Å². The number of nitrogens with two attached hydrogens (primary N) is 1. The zero-order chi connectivity index (χ0) is 19.3. The topological polar surface area (TPSA) is 111 Å². The Balaban J connectivity index is 0.00000364. The third-order valence-corrected chi connectivity index (χ3v) is 6.44. The van der Waals surface area contributed by atoms with E-state index in [-0.39, 0.29) is 29.1 Å². The molecule has 0 radical (unpaired) electrons. The van der Waals surface area contributed by atoms with Crippen molar-refractivity contribution >= 4 is 28.3 Å². The van der Waals surface area contributed by atoms with Gasteiger partial charge in [-0.2, -0.15) is 4.31 Å². The Hall–Kier alpha value is -1.55. The van der Waals surface area contributed by atoms with Gasteiger partial charge in [-0.15, -0.1) is 12.4 Å². The van der Waals surface area contributed by atoms with Crippen molar-refractivity contribution < 1.29 is 22.7 Å². The number of hydrogen-bond acceptors (Lipinski definition) is 6. The number of nitrogens with one attached hydrogen (secondary N) is 1. The second-order valence-electron chi connectivity index (χ2n) is 6.40. The number of benzene rings is 1. The molecule has 1 amide bonds. The van der Waals surface area contributed by atoms with Crippen LogP contribution in [0.2, 0.25) is 0 Å². The molecule has 2 rings (SSSR count). The largest absolute Gasteiger partial charge is 0.493 e. The number of carbonyl (C=O) groups excluding carboxylic acids is 1. The molecule has 1 aromatic carbocycles. The van der Waals surface area contributed by atoms with Crippen LogP contribution in [-0.4, -0.2) is 58.5 Å². The van der Waals surface area contributed by atoms with Gasteiger partial charge in [0.1, 0.15) is 0 Å². The van der Waals surface area contributed by atoms with Crippen molar-refractivity contribution in [1.82, 2.24) is 9.62 Å². The molecule has 8 nitrogen and oxygen atoms in total. The van der Waals surface area contributed by atoms with Gasteiger partial charge in [-0.3, -0.25) is 4.79 Å². The summed E-state index contributed by atoms with van der Waals surface area (Å²) in [4.78, 5) is 11.7. The molecule has 1 atom stereocenters. The quantitative estimate of drug-likeness (QED) is 0.679. The van der Waals surface area contributed by atoms with Gasteiger partial charge in [-0.25, -0.2) is 8.42 Å². The van der Waals surface area contributed by atoms with Gasteiger partial charge in [0, 0.05) is 25.7 Å². The van der Waals surface area contributed by atoms with Gasteiger partial charge < -0.3 is 20.5 Å². The van der Waals surface area contributed by atoms with E-state index < -0.39 is 16.1 Å². The van der Waals surface area contributed by atoms with Crippen LogP contribution in [-0.2, 0) is 14.8 Å². The van der Waals surface area contributed by atoms with Crippen LogP contribution in [0.4, 0.5) is 0 Å². The second kappa shape index (κ2) is 10.1. The average Bonchev–Trinajstić information content (AvgIpc) is 2.65. The molecule has 1 heterocycles. The summed E-state index contributed by atoms with van der Waals surface area (Å²) in [6, 6.07) is 4.04. The predicted molar refractivity (Wildman–Crippen MR) is 105 cm³/mol. The lowest BCUT2D eigenvalue weighted by Gasteiger charge is -2.31. The highest BCUT2D eigenvalue weighted by Gasteiger charge is 2.30. The Bertz CT molecular complexity index is 734. The van der Waals surface area contributed by atoms with Crippen LogP contribution in [0.1, 0.15) is 19.8 Å². The van der Waals surface area contributed by atoms with E-state index in [9.17, 15) is 13.2 Å². The molecule has 27 heavy (non-hydrogen) atoms. The van der Waals surface area contributed by atoms with Crippen LogP contribution in [0.25, 0.3) is 0 Å². The van der Waals surface area contributed by atoms with Crippen molar-refractivity contribution in [1.29, 1.82) is 0 Å². The Morgan fingerprint density at radius 2 is 1.85 bits per heavy atom. The highest BCUT2D eigenvalue weighted by Crippen LogP contribution is 2.31. The van der Waals surface area contributed by atoms with Gasteiger partial charge in [0.15, 0.2) is 11.5 Å². The summed E-state index contributed by atoms with van der Waals surface area (Å²) in [5.41, 5.74) is 5.52. The molecule has 0 bridgehead atoms. The van der Waals surface area contributed by atoms with Gasteiger partial charge in [-0.1, -0.05) is 0 Å². The molecule has 1 saturated heterocycles. The Morgan fingerprint density at radius 3 is 2.37 bits per heavy atom. The lowest BCUT2D eigenvalue weighted by molar-refractivity contribution is -0.122. The zero-order valence-electron chi connectivity index (χ0n) is 15.8. The Morgan fingerprint density at radius 1 is 1.26 bits per heavy atom. The van der Waals surface area contributed by atoms with Crippen LogP contribution >= 0.6 is 12.4 Å². The number of piperidine rings is 1. The zero-order valence-corrected chi connectivity index (χ0v) is 17.4. The minimum Gasteiger partial charge on any atom is -0.493 e. The first-order chi connectivity index (χ1) is 12.3. The number of sulfonamides is 1. The maximum Gasteiger partial charge on any atom is 0.243 e. The highest BCUT2D eigenvalue weighted by atomic mass is 35.5. The van der Waals surface area contributed by atoms with E-state index in [1.54, 1.807) is 13.0 Å². The standard InChI is InChI=1S/C17H27N3O5S.ClH/c1-12(18)17(21)19-11-13-6-8-20(9-7-13)26(22,23)14-4-5-15(24-2)16(10-14)25-3;/h4-5,10,12-13H,6-9,11,18H2,1-3H3,(H,19,21);1H/t12-;/m1./s1. The summed E-state index contributed by atoms with van der Waals surface area (Å²) in [6.07, 6.45) is 1.37. The first-order valence-corrected chi connectivity index (χ1v) is 9.99. The normalized spacial score (nSPS) is 16.9. The summed E-state index contributed by atoms with van der Waals surface area (Å²) in [5, 5.41) is 2.80. The fourth-order valence-corrected chi connectivity index (χ4v) is 4.37. The number of carbonyl (C=O) groups is 1. The first kappa shape index (κ1) is 23.5. The average molecular weight is 422 g/mol. The molecule has 0 aromatic heterocycles. The molecule has 0 aliphatic carbocycles. The molecule has 1 aliphatic rings. The summed E-state index contributed by atoms with van der Waals surface area (Å²) in [5.74, 6) is 0.914. The minimum absolute atomic E-state index is 0. The fraction of sp³-hybridized carbons (Fsp3) is 0.588. The van der Waals surface area contributed by atoms with E-state index in [1.807, 2.05) is 0 Å². The number of hydrogen-bond donors (Lipinski definition) is 2. The van der Waals surface area contributed by atoms with Gasteiger partial charge in [0.2, 0.25) is 15.9 Å². The third kappa shape index (κ3) is 5.71. The number of ether oxygens (including phenoxy) is 2. The molecule has 154 valence electrons. The van der Waals surface area contributed by atoms with Crippen LogP contribution in [0.15, 0.2) is 23.1 Å². The molecule has 1 aromatic rings. The molecular weight excluding hydrogens is 394 g/mol. The lowest BCUT2D eigenvalue weighted by atomic mass is 9.98. The van der Waals surface area contributed by atoms with E-state index in [0.717, 1.165) is 0 Å². The smallest absolute Gasteiger partial charge is 0.243 e. The first-order valence-electron chi connectivity index (χ1n) is 8.55. The predicted octanol–water partition coefficient (Wildman–Crippen LogP) is 0.990. The summed E-state index contributed by atoms with van der Waals surface area (Å²) >= 11 is 0. The van der Waals surface area contributed by atoms with Crippen molar-refractivity contribution in [2.45, 2.75) is 30.7 Å². The van der Waals surface area contributed by atoms with E-state index in [2.05, 4.69) is 5.32 Å². The molecule has 0 saturated carbocycles. The summed E-state index contributed by atoms with van der Waals surface area (Å²) < 4.78 is 37.5. The summed E-state index contributed by atoms with van der Waals surface area (Å²) in [6.45, 7) is 2.98. The van der Waals surface area contributed by atoms with E-state index in [4.69, 9.17) is 15.2 Å². The van der Waals surface area contributed by atoms with E-state index in [0.29, 0.717) is 44.0 Å². The van der Waals surface area contributed by atoms with Gasteiger partial charge in [-0.05, 0) is 37.8 Å². The molecule has 0 unspecified atom stereocenters. The van der Waals surface area contributed by atoms with Crippen molar-refractivity contribution in [3.63, 3.8) is 0 Å². The molecular formula is C17H28ClN3O5S. The number of rotatable bonds is 7. The molecule has 10 heteroatoms.